The van der Waals surface area contributed by atoms with Crippen molar-refractivity contribution in [2.45, 2.75) is 44.4 Å². The first-order valence-electron chi connectivity index (χ1n) is 7.09. The van der Waals surface area contributed by atoms with Gasteiger partial charge in [0.15, 0.2) is 0 Å². The molecule has 1 aromatic carbocycles. The maximum atomic E-state index is 13.1. The van der Waals surface area contributed by atoms with Crippen LogP contribution in [0.1, 0.15) is 31.2 Å². The van der Waals surface area contributed by atoms with Crippen LogP contribution in [0.5, 0.6) is 0 Å². The molecule has 0 aromatic heterocycles. The molecule has 20 heavy (non-hydrogen) atoms. The number of aliphatic hydroxyl groups excluding tert-OH is 1. The van der Waals surface area contributed by atoms with Crippen molar-refractivity contribution < 1.29 is 14.2 Å². The SMILES string of the molecule is OC(CNCc1cc(F)ccc1Br)COC1CCCC1. The lowest BCUT2D eigenvalue weighted by molar-refractivity contribution is -0.00550. The molecule has 0 heterocycles. The van der Waals surface area contributed by atoms with E-state index in [0.29, 0.717) is 25.8 Å². The van der Waals surface area contributed by atoms with Gasteiger partial charge in [-0.15, -0.1) is 0 Å². The van der Waals surface area contributed by atoms with Crippen molar-refractivity contribution in [2.24, 2.45) is 0 Å². The molecule has 2 N–H and O–H groups in total. The Morgan fingerprint density at radius 1 is 1.40 bits per heavy atom. The Labute approximate surface area is 127 Å². The van der Waals surface area contributed by atoms with Crippen LogP contribution >= 0.6 is 15.9 Å². The van der Waals surface area contributed by atoms with E-state index in [1.165, 1.54) is 25.0 Å². The summed E-state index contributed by atoms with van der Waals surface area (Å²) in [5.74, 6) is -0.255. The fourth-order valence-electron chi connectivity index (χ4n) is 2.41. The van der Waals surface area contributed by atoms with Crippen LogP contribution in [-0.4, -0.2) is 30.5 Å². The smallest absolute Gasteiger partial charge is 0.123 e. The van der Waals surface area contributed by atoms with Gasteiger partial charge in [0.25, 0.3) is 0 Å². The third kappa shape index (κ3) is 5.13. The van der Waals surface area contributed by atoms with E-state index in [1.54, 1.807) is 6.07 Å². The summed E-state index contributed by atoms with van der Waals surface area (Å²) in [6.45, 7) is 1.32. The molecule has 0 aliphatic heterocycles. The van der Waals surface area contributed by atoms with Crippen molar-refractivity contribution in [1.29, 1.82) is 0 Å². The molecule has 3 nitrogen and oxygen atoms in total. The summed E-state index contributed by atoms with van der Waals surface area (Å²) in [7, 11) is 0. The summed E-state index contributed by atoms with van der Waals surface area (Å²) >= 11 is 3.38. The van der Waals surface area contributed by atoms with E-state index in [1.807, 2.05) is 0 Å². The lowest BCUT2D eigenvalue weighted by Crippen LogP contribution is -2.31. The van der Waals surface area contributed by atoms with E-state index in [4.69, 9.17) is 4.74 Å². The fourth-order valence-corrected chi connectivity index (χ4v) is 2.80. The normalized spacial score (nSPS) is 17.6. The minimum atomic E-state index is -0.525. The average Bonchev–Trinajstić information content (AvgIpc) is 2.93. The predicted molar refractivity (Wildman–Crippen MR) is 80.0 cm³/mol. The monoisotopic (exact) mass is 345 g/mol. The van der Waals surface area contributed by atoms with Crippen molar-refractivity contribution >= 4 is 15.9 Å². The standard InChI is InChI=1S/C15H21BrFNO2/c16-15-6-5-12(17)7-11(15)8-18-9-13(19)10-20-14-3-1-2-4-14/h5-7,13-14,18-19H,1-4,8-10H2. The van der Waals surface area contributed by atoms with E-state index in [0.717, 1.165) is 22.9 Å². The van der Waals surface area contributed by atoms with E-state index >= 15 is 0 Å². The quantitative estimate of drug-likeness (QED) is 0.798. The molecule has 0 spiro atoms. The third-order valence-corrected chi connectivity index (χ3v) is 4.30. The van der Waals surface area contributed by atoms with Gasteiger partial charge in [-0.05, 0) is 36.6 Å². The lowest BCUT2D eigenvalue weighted by Gasteiger charge is -2.16. The maximum absolute atomic E-state index is 13.1. The highest BCUT2D eigenvalue weighted by Crippen LogP contribution is 2.21. The largest absolute Gasteiger partial charge is 0.389 e. The first kappa shape index (κ1) is 15.9. The molecule has 1 aromatic rings. The second kappa shape index (κ2) is 8.08. The lowest BCUT2D eigenvalue weighted by atomic mass is 10.2. The van der Waals surface area contributed by atoms with Gasteiger partial charge in [0, 0.05) is 17.6 Å². The minimum Gasteiger partial charge on any atom is -0.389 e. The molecule has 1 saturated carbocycles. The molecule has 2 rings (SSSR count). The molecular weight excluding hydrogens is 325 g/mol. The molecule has 112 valence electrons. The molecule has 5 heteroatoms. The van der Waals surface area contributed by atoms with Crippen LogP contribution in [0.3, 0.4) is 0 Å². The minimum absolute atomic E-state index is 0.255. The second-order valence-electron chi connectivity index (χ2n) is 5.26. The second-order valence-corrected chi connectivity index (χ2v) is 6.11. The summed E-state index contributed by atoms with van der Waals surface area (Å²) in [4.78, 5) is 0. The van der Waals surface area contributed by atoms with Crippen LogP contribution in [-0.2, 0) is 11.3 Å². The molecule has 1 atom stereocenters. The highest BCUT2D eigenvalue weighted by atomic mass is 79.9. The average molecular weight is 346 g/mol. The zero-order chi connectivity index (χ0) is 14.4. The summed E-state index contributed by atoms with van der Waals surface area (Å²) in [5.41, 5.74) is 0.842. The maximum Gasteiger partial charge on any atom is 0.123 e. The van der Waals surface area contributed by atoms with Gasteiger partial charge >= 0.3 is 0 Å². The summed E-state index contributed by atoms with van der Waals surface area (Å²) in [6.07, 6.45) is 4.47. The first-order valence-corrected chi connectivity index (χ1v) is 7.89. The Bertz CT molecular complexity index is 424. The van der Waals surface area contributed by atoms with Crippen LogP contribution in [0.2, 0.25) is 0 Å². The van der Waals surface area contributed by atoms with Crippen LogP contribution in [0, 0.1) is 5.82 Å². The summed E-state index contributed by atoms with van der Waals surface area (Å²) in [5, 5.41) is 13.0. The van der Waals surface area contributed by atoms with Gasteiger partial charge in [-0.2, -0.15) is 0 Å². The van der Waals surface area contributed by atoms with Crippen LogP contribution in [0.4, 0.5) is 4.39 Å². The Balaban J connectivity index is 1.65. The number of halogens is 2. The molecule has 0 bridgehead atoms. The number of ether oxygens (including phenoxy) is 1. The van der Waals surface area contributed by atoms with E-state index in [-0.39, 0.29) is 5.82 Å². The highest BCUT2D eigenvalue weighted by molar-refractivity contribution is 9.10. The van der Waals surface area contributed by atoms with E-state index in [9.17, 15) is 9.50 Å². The Morgan fingerprint density at radius 2 is 2.15 bits per heavy atom. The van der Waals surface area contributed by atoms with Crippen LogP contribution < -0.4 is 5.32 Å². The van der Waals surface area contributed by atoms with Gasteiger partial charge in [-0.1, -0.05) is 28.8 Å². The molecule has 1 fully saturated rings. The zero-order valence-corrected chi connectivity index (χ0v) is 13.0. The highest BCUT2D eigenvalue weighted by Gasteiger charge is 2.16. The molecule has 1 unspecified atom stereocenters. The Kier molecular flexibility index (Phi) is 6.42. The Hall–Kier alpha value is -0.490. The summed E-state index contributed by atoms with van der Waals surface area (Å²) < 4.78 is 19.6. The van der Waals surface area contributed by atoms with Crippen LogP contribution in [0.25, 0.3) is 0 Å². The van der Waals surface area contributed by atoms with Gasteiger partial charge in [-0.25, -0.2) is 4.39 Å². The molecule has 1 aliphatic rings. The number of benzene rings is 1. The van der Waals surface area contributed by atoms with Crippen molar-refractivity contribution in [1.82, 2.24) is 5.32 Å². The van der Waals surface area contributed by atoms with Gasteiger partial charge < -0.3 is 15.2 Å². The molecule has 0 radical (unpaired) electrons. The van der Waals surface area contributed by atoms with Gasteiger partial charge in [0.05, 0.1) is 18.8 Å². The summed E-state index contributed by atoms with van der Waals surface area (Å²) in [6, 6.07) is 4.59. The first-order chi connectivity index (χ1) is 9.65. The predicted octanol–water partition coefficient (Wildman–Crippen LogP) is 3.00. The number of nitrogens with one attached hydrogen (secondary N) is 1. The fraction of sp³-hybridized carbons (Fsp3) is 0.600. The van der Waals surface area contributed by atoms with Crippen molar-refractivity contribution in [3.63, 3.8) is 0 Å². The Morgan fingerprint density at radius 3 is 2.90 bits per heavy atom. The van der Waals surface area contributed by atoms with Crippen molar-refractivity contribution in [3.8, 4) is 0 Å². The molecule has 0 amide bonds. The van der Waals surface area contributed by atoms with Gasteiger partial charge in [0.2, 0.25) is 0 Å². The number of hydrogen-bond donors (Lipinski definition) is 2. The van der Waals surface area contributed by atoms with Gasteiger partial charge in [0.1, 0.15) is 5.82 Å². The number of aliphatic hydroxyl groups is 1. The van der Waals surface area contributed by atoms with E-state index in [2.05, 4.69) is 21.2 Å². The molecular formula is C15H21BrFNO2. The van der Waals surface area contributed by atoms with Gasteiger partial charge in [-0.3, -0.25) is 0 Å². The number of hydrogen-bond acceptors (Lipinski definition) is 3. The van der Waals surface area contributed by atoms with Crippen molar-refractivity contribution in [3.05, 3.63) is 34.1 Å². The topological polar surface area (TPSA) is 41.5 Å². The third-order valence-electron chi connectivity index (χ3n) is 3.53. The number of rotatable bonds is 7. The molecule has 0 saturated heterocycles. The zero-order valence-electron chi connectivity index (χ0n) is 11.4. The van der Waals surface area contributed by atoms with Crippen LogP contribution in [0.15, 0.2) is 22.7 Å². The van der Waals surface area contributed by atoms with Crippen molar-refractivity contribution in [2.75, 3.05) is 13.2 Å². The van der Waals surface area contributed by atoms with E-state index < -0.39 is 6.10 Å². The molecule has 1 aliphatic carbocycles.